The molecule has 0 radical (unpaired) electrons. The summed E-state index contributed by atoms with van der Waals surface area (Å²) in [5, 5.41) is 17.1. The van der Waals surface area contributed by atoms with Gasteiger partial charge in [-0.05, 0) is 62.6 Å². The Labute approximate surface area is 180 Å². The molecule has 0 saturated carbocycles. The van der Waals surface area contributed by atoms with Gasteiger partial charge in [0.1, 0.15) is 11.6 Å². The predicted octanol–water partition coefficient (Wildman–Crippen LogP) is 4.87. The van der Waals surface area contributed by atoms with Crippen molar-refractivity contribution in [2.24, 2.45) is 0 Å². The van der Waals surface area contributed by atoms with Gasteiger partial charge in [0.25, 0.3) is 0 Å². The first kappa shape index (κ1) is 18.8. The van der Waals surface area contributed by atoms with Crippen LogP contribution in [0.2, 0.25) is 0 Å². The molecule has 152 valence electrons. The fourth-order valence-electron chi connectivity index (χ4n) is 3.74. The van der Waals surface area contributed by atoms with Crippen LogP contribution in [0.1, 0.15) is 28.9 Å². The lowest BCUT2D eigenvalue weighted by molar-refractivity contribution is 0.436. The van der Waals surface area contributed by atoms with Crippen molar-refractivity contribution in [2.75, 3.05) is 5.32 Å². The smallest absolute Gasteiger partial charge is 0.227 e. The van der Waals surface area contributed by atoms with E-state index in [4.69, 9.17) is 15.1 Å². The molecule has 5 rings (SSSR count). The number of hydrogen-bond donors (Lipinski definition) is 1. The minimum Gasteiger partial charge on any atom is -0.438 e. The van der Waals surface area contributed by atoms with Gasteiger partial charge in [0, 0.05) is 29.2 Å². The van der Waals surface area contributed by atoms with Crippen LogP contribution in [0.4, 0.5) is 11.5 Å². The van der Waals surface area contributed by atoms with E-state index in [2.05, 4.69) is 21.4 Å². The molecule has 4 aromatic rings. The first-order chi connectivity index (χ1) is 15.2. The van der Waals surface area contributed by atoms with Crippen LogP contribution < -0.4 is 10.1 Å². The van der Waals surface area contributed by atoms with Gasteiger partial charge in [-0.3, -0.25) is 0 Å². The molecule has 1 aliphatic rings. The van der Waals surface area contributed by atoms with Gasteiger partial charge in [-0.25, -0.2) is 9.97 Å². The van der Waals surface area contributed by atoms with E-state index in [9.17, 15) is 0 Å². The summed E-state index contributed by atoms with van der Waals surface area (Å²) in [6, 6.07) is 18.9. The van der Waals surface area contributed by atoms with Crippen LogP contribution in [0.15, 0.2) is 60.8 Å². The summed E-state index contributed by atoms with van der Waals surface area (Å²) in [6.45, 7) is 1.96. The van der Waals surface area contributed by atoms with E-state index < -0.39 is 0 Å². The standard InChI is InChI=1S/C24H20N6O/c1-16-5-2-10-23(27-16)30-24(20-8-4-9-21(20)29-30)31-19-11-12-26-22(14-19)28-18-7-3-6-17(13-18)15-25/h2-3,5-7,10-14H,4,8-9H2,1H3,(H,26,28). The largest absolute Gasteiger partial charge is 0.438 e. The molecule has 0 bridgehead atoms. The molecule has 0 spiro atoms. The number of aryl methyl sites for hydroxylation is 2. The van der Waals surface area contributed by atoms with Gasteiger partial charge in [0.15, 0.2) is 5.82 Å². The van der Waals surface area contributed by atoms with E-state index in [0.717, 1.165) is 47.7 Å². The van der Waals surface area contributed by atoms with Crippen LogP contribution in [-0.4, -0.2) is 19.7 Å². The van der Waals surface area contributed by atoms with Crippen LogP contribution >= 0.6 is 0 Å². The van der Waals surface area contributed by atoms with Gasteiger partial charge in [0.2, 0.25) is 5.88 Å². The normalized spacial score (nSPS) is 12.3. The topological polar surface area (TPSA) is 88.6 Å². The van der Waals surface area contributed by atoms with Crippen LogP contribution in [0.25, 0.3) is 5.82 Å². The van der Waals surface area contributed by atoms with Crippen molar-refractivity contribution in [3.8, 4) is 23.5 Å². The second-order valence-corrected chi connectivity index (χ2v) is 7.43. The third-order valence-electron chi connectivity index (χ3n) is 5.16. The molecule has 3 heterocycles. The van der Waals surface area contributed by atoms with Gasteiger partial charge in [-0.15, -0.1) is 0 Å². The molecule has 0 aliphatic heterocycles. The molecule has 0 saturated heterocycles. The Morgan fingerprint density at radius 1 is 1.10 bits per heavy atom. The second kappa shape index (κ2) is 7.92. The van der Waals surface area contributed by atoms with Gasteiger partial charge in [0.05, 0.1) is 17.3 Å². The third kappa shape index (κ3) is 3.83. The van der Waals surface area contributed by atoms with Gasteiger partial charge in [-0.1, -0.05) is 12.1 Å². The summed E-state index contributed by atoms with van der Waals surface area (Å²) < 4.78 is 8.13. The summed E-state index contributed by atoms with van der Waals surface area (Å²) >= 11 is 0. The highest BCUT2D eigenvalue weighted by atomic mass is 16.5. The molecule has 7 nitrogen and oxygen atoms in total. The Morgan fingerprint density at radius 3 is 2.87 bits per heavy atom. The molecule has 1 aromatic carbocycles. The molecule has 0 unspecified atom stereocenters. The first-order valence-electron chi connectivity index (χ1n) is 10.2. The minimum absolute atomic E-state index is 0.586. The zero-order chi connectivity index (χ0) is 21.2. The Balaban J connectivity index is 1.47. The van der Waals surface area contributed by atoms with Crippen molar-refractivity contribution >= 4 is 11.5 Å². The average molecular weight is 408 g/mol. The number of nitrogens with one attached hydrogen (secondary N) is 1. The Morgan fingerprint density at radius 2 is 2.00 bits per heavy atom. The van der Waals surface area contributed by atoms with E-state index in [1.807, 2.05) is 49.4 Å². The van der Waals surface area contributed by atoms with E-state index in [0.29, 0.717) is 23.0 Å². The molecular weight excluding hydrogens is 388 g/mol. The molecule has 7 heteroatoms. The summed E-state index contributed by atoms with van der Waals surface area (Å²) in [4.78, 5) is 8.99. The maximum atomic E-state index is 9.10. The van der Waals surface area contributed by atoms with Crippen LogP contribution in [-0.2, 0) is 12.8 Å². The molecular formula is C24H20N6O. The minimum atomic E-state index is 0.586. The zero-order valence-electron chi connectivity index (χ0n) is 17.0. The molecule has 1 aliphatic carbocycles. The molecule has 0 amide bonds. The Kier molecular flexibility index (Phi) is 4.81. The molecule has 0 fully saturated rings. The number of nitrogens with zero attached hydrogens (tertiary/aromatic N) is 5. The SMILES string of the molecule is Cc1cccc(-n2nc3c(c2Oc2ccnc(Nc4cccc(C#N)c4)c2)CCC3)n1. The highest BCUT2D eigenvalue weighted by Crippen LogP contribution is 2.35. The van der Waals surface area contributed by atoms with Gasteiger partial charge < -0.3 is 10.1 Å². The fourth-order valence-corrected chi connectivity index (χ4v) is 3.74. The van der Waals surface area contributed by atoms with Crippen LogP contribution in [0.3, 0.4) is 0 Å². The number of fused-ring (bicyclic) bond motifs is 1. The maximum Gasteiger partial charge on any atom is 0.227 e. The van der Waals surface area contributed by atoms with Crippen molar-refractivity contribution in [2.45, 2.75) is 26.2 Å². The van der Waals surface area contributed by atoms with Crippen molar-refractivity contribution < 1.29 is 4.74 Å². The second-order valence-electron chi connectivity index (χ2n) is 7.43. The van der Waals surface area contributed by atoms with Crippen LogP contribution in [0.5, 0.6) is 11.6 Å². The highest BCUT2D eigenvalue weighted by Gasteiger charge is 2.25. The number of rotatable bonds is 5. The van der Waals surface area contributed by atoms with Crippen LogP contribution in [0, 0.1) is 18.3 Å². The molecule has 1 N–H and O–H groups in total. The van der Waals surface area contributed by atoms with E-state index in [1.165, 1.54) is 0 Å². The zero-order valence-corrected chi connectivity index (χ0v) is 17.0. The first-order valence-corrected chi connectivity index (χ1v) is 10.2. The van der Waals surface area contributed by atoms with Crippen molar-refractivity contribution in [3.63, 3.8) is 0 Å². The van der Waals surface area contributed by atoms with Gasteiger partial charge >= 0.3 is 0 Å². The number of aromatic nitrogens is 4. The lowest BCUT2D eigenvalue weighted by Crippen LogP contribution is -2.04. The summed E-state index contributed by atoms with van der Waals surface area (Å²) in [5.41, 5.74) is 4.51. The Bertz CT molecular complexity index is 1300. The maximum absolute atomic E-state index is 9.10. The summed E-state index contributed by atoms with van der Waals surface area (Å²) in [7, 11) is 0. The lowest BCUT2D eigenvalue weighted by Gasteiger charge is -2.12. The Hall–Kier alpha value is -4.18. The average Bonchev–Trinajstić information content (AvgIpc) is 3.37. The summed E-state index contributed by atoms with van der Waals surface area (Å²) in [6.07, 6.45) is 4.66. The van der Waals surface area contributed by atoms with E-state index >= 15 is 0 Å². The quantitative estimate of drug-likeness (QED) is 0.507. The third-order valence-corrected chi connectivity index (χ3v) is 5.16. The molecule has 3 aromatic heterocycles. The molecule has 0 atom stereocenters. The number of hydrogen-bond acceptors (Lipinski definition) is 6. The highest BCUT2D eigenvalue weighted by molar-refractivity contribution is 5.59. The number of nitriles is 1. The fraction of sp³-hybridized carbons (Fsp3) is 0.167. The van der Waals surface area contributed by atoms with Gasteiger partial charge in [-0.2, -0.15) is 15.0 Å². The van der Waals surface area contributed by atoms with E-state index in [-0.39, 0.29) is 0 Å². The van der Waals surface area contributed by atoms with Crippen molar-refractivity contribution in [1.29, 1.82) is 5.26 Å². The number of ether oxygens (including phenoxy) is 1. The number of benzene rings is 1. The number of anilines is 2. The van der Waals surface area contributed by atoms with Crippen molar-refractivity contribution in [1.82, 2.24) is 19.7 Å². The predicted molar refractivity (Wildman–Crippen MR) is 117 cm³/mol. The lowest BCUT2D eigenvalue weighted by atomic mass is 10.2. The monoisotopic (exact) mass is 408 g/mol. The summed E-state index contributed by atoms with van der Waals surface area (Å²) in [5.74, 6) is 2.72. The molecule has 31 heavy (non-hydrogen) atoms. The van der Waals surface area contributed by atoms with Crippen molar-refractivity contribution in [3.05, 3.63) is 83.3 Å². The number of pyridine rings is 2. The van der Waals surface area contributed by atoms with E-state index in [1.54, 1.807) is 23.0 Å².